The van der Waals surface area contributed by atoms with Gasteiger partial charge in [0.15, 0.2) is 6.61 Å². The molecule has 0 radical (unpaired) electrons. The lowest BCUT2D eigenvalue weighted by atomic mass is 9.99. The molecule has 3 rings (SSSR count). The third-order valence-corrected chi connectivity index (χ3v) is 4.80. The summed E-state index contributed by atoms with van der Waals surface area (Å²) in [6.07, 6.45) is 2.51. The summed E-state index contributed by atoms with van der Waals surface area (Å²) < 4.78 is 5.88. The largest absolute Gasteiger partial charge is 0.483 e. The number of para-hydroxylation sites is 1. The first-order chi connectivity index (χ1) is 12.1. The highest BCUT2D eigenvalue weighted by molar-refractivity contribution is 5.78. The summed E-state index contributed by atoms with van der Waals surface area (Å²) in [4.78, 5) is 14.4. The number of likely N-dealkylation sites (tertiary alicyclic amines) is 1. The predicted octanol–water partition coefficient (Wildman–Crippen LogP) is 2.99. The lowest BCUT2D eigenvalue weighted by Gasteiger charge is -2.36. The molecule has 2 aromatic carbocycles. The summed E-state index contributed by atoms with van der Waals surface area (Å²) >= 11 is 0. The van der Waals surface area contributed by atoms with Crippen molar-refractivity contribution in [3.05, 3.63) is 65.7 Å². The quantitative estimate of drug-likeness (QED) is 0.912. The molecule has 0 unspecified atom stereocenters. The van der Waals surface area contributed by atoms with Crippen LogP contribution < -0.4 is 10.5 Å². The number of carbonyl (C=O) groups is 1. The Balaban J connectivity index is 1.62. The van der Waals surface area contributed by atoms with E-state index in [1.807, 2.05) is 41.3 Å². The number of rotatable bonds is 5. The van der Waals surface area contributed by atoms with Gasteiger partial charge in [-0.05, 0) is 37.0 Å². The van der Waals surface area contributed by atoms with Crippen molar-refractivity contribution in [2.24, 2.45) is 5.73 Å². The predicted molar refractivity (Wildman–Crippen MR) is 99.6 cm³/mol. The fourth-order valence-electron chi connectivity index (χ4n) is 3.41. The Morgan fingerprint density at radius 3 is 2.64 bits per heavy atom. The zero-order valence-electron chi connectivity index (χ0n) is 14.7. The number of benzene rings is 2. The van der Waals surface area contributed by atoms with E-state index in [-0.39, 0.29) is 24.6 Å². The summed E-state index contributed by atoms with van der Waals surface area (Å²) in [6.45, 7) is 2.85. The number of nitrogens with two attached hydrogens (primary N) is 1. The first kappa shape index (κ1) is 17.5. The fourth-order valence-corrected chi connectivity index (χ4v) is 3.41. The molecule has 1 heterocycles. The molecule has 1 aliphatic rings. The summed E-state index contributed by atoms with van der Waals surface area (Å²) in [5, 5.41) is 0. The molecule has 2 N–H and O–H groups in total. The molecule has 0 saturated carbocycles. The number of ether oxygens (including phenoxy) is 1. The maximum atomic E-state index is 12.5. The van der Waals surface area contributed by atoms with Crippen molar-refractivity contribution < 1.29 is 9.53 Å². The molecule has 0 bridgehead atoms. The Kier molecular flexibility index (Phi) is 5.71. The van der Waals surface area contributed by atoms with Crippen LogP contribution in [0, 0.1) is 0 Å². The van der Waals surface area contributed by atoms with Gasteiger partial charge in [0.1, 0.15) is 5.75 Å². The van der Waals surface area contributed by atoms with Gasteiger partial charge < -0.3 is 15.4 Å². The van der Waals surface area contributed by atoms with E-state index in [1.54, 1.807) is 0 Å². The third-order valence-electron chi connectivity index (χ3n) is 4.80. The summed E-state index contributed by atoms with van der Waals surface area (Å²) in [5.74, 6) is 0.815. The van der Waals surface area contributed by atoms with Crippen LogP contribution in [0.3, 0.4) is 0 Å². The van der Waals surface area contributed by atoms with Gasteiger partial charge in [-0.2, -0.15) is 0 Å². The Labute approximate surface area is 149 Å². The van der Waals surface area contributed by atoms with Crippen LogP contribution in [0.1, 0.15) is 30.9 Å². The minimum absolute atomic E-state index is 0.0360. The van der Waals surface area contributed by atoms with Gasteiger partial charge in [0.05, 0.1) is 0 Å². The minimum Gasteiger partial charge on any atom is -0.483 e. The van der Waals surface area contributed by atoms with Crippen molar-refractivity contribution in [1.82, 2.24) is 4.90 Å². The van der Waals surface area contributed by atoms with Crippen LogP contribution in [0.25, 0.3) is 0 Å². The van der Waals surface area contributed by atoms with Gasteiger partial charge in [0, 0.05) is 25.0 Å². The first-order valence-electron chi connectivity index (χ1n) is 8.93. The highest BCUT2D eigenvalue weighted by Crippen LogP contribution is 2.22. The van der Waals surface area contributed by atoms with Crippen molar-refractivity contribution in [1.29, 1.82) is 0 Å². The Bertz CT molecular complexity index is 702. The topological polar surface area (TPSA) is 55.6 Å². The SMILES string of the molecule is C[C@@H]1C[C@@H](N)CCN1C(=O)COc1ccccc1Cc1ccccc1. The molecular weight excluding hydrogens is 312 g/mol. The molecule has 132 valence electrons. The first-order valence-corrected chi connectivity index (χ1v) is 8.93. The van der Waals surface area contributed by atoms with Crippen LogP contribution in [0.4, 0.5) is 0 Å². The second kappa shape index (κ2) is 8.17. The number of piperidine rings is 1. The van der Waals surface area contributed by atoms with Gasteiger partial charge in [-0.15, -0.1) is 0 Å². The molecule has 1 aliphatic heterocycles. The Morgan fingerprint density at radius 1 is 1.16 bits per heavy atom. The molecule has 4 heteroatoms. The molecule has 1 saturated heterocycles. The Hall–Kier alpha value is -2.33. The average molecular weight is 338 g/mol. The monoisotopic (exact) mass is 338 g/mol. The van der Waals surface area contributed by atoms with E-state index >= 15 is 0 Å². The van der Waals surface area contributed by atoms with Gasteiger partial charge in [-0.3, -0.25) is 4.79 Å². The second-order valence-electron chi connectivity index (χ2n) is 6.78. The molecule has 0 aromatic heterocycles. The second-order valence-corrected chi connectivity index (χ2v) is 6.78. The zero-order chi connectivity index (χ0) is 17.6. The van der Waals surface area contributed by atoms with Gasteiger partial charge in [-0.25, -0.2) is 0 Å². The van der Waals surface area contributed by atoms with E-state index < -0.39 is 0 Å². The number of hydrogen-bond donors (Lipinski definition) is 1. The van der Waals surface area contributed by atoms with Gasteiger partial charge >= 0.3 is 0 Å². The van der Waals surface area contributed by atoms with E-state index in [9.17, 15) is 4.79 Å². The van der Waals surface area contributed by atoms with Crippen molar-refractivity contribution in [3.8, 4) is 5.75 Å². The standard InChI is InChI=1S/C21H26N2O2/c1-16-13-19(22)11-12-23(16)21(24)15-25-20-10-6-5-9-18(20)14-17-7-3-2-4-8-17/h2-10,16,19H,11-15,22H2,1H3/t16-,19+/m1/s1. The fraction of sp³-hybridized carbons (Fsp3) is 0.381. The minimum atomic E-state index is 0.0360. The molecule has 1 amide bonds. The molecule has 25 heavy (non-hydrogen) atoms. The van der Waals surface area contributed by atoms with Crippen LogP contribution in [-0.4, -0.2) is 36.0 Å². The van der Waals surface area contributed by atoms with E-state index in [0.29, 0.717) is 0 Å². The van der Waals surface area contributed by atoms with Crippen molar-refractivity contribution in [3.63, 3.8) is 0 Å². The van der Waals surface area contributed by atoms with Gasteiger partial charge in [0.2, 0.25) is 0 Å². The molecular formula is C21H26N2O2. The molecule has 2 aromatic rings. The van der Waals surface area contributed by atoms with E-state index in [2.05, 4.69) is 25.1 Å². The molecule has 1 fully saturated rings. The summed E-state index contributed by atoms with van der Waals surface area (Å²) in [7, 11) is 0. The van der Waals surface area contributed by atoms with Crippen molar-refractivity contribution >= 4 is 5.91 Å². The summed E-state index contributed by atoms with van der Waals surface area (Å²) in [5.41, 5.74) is 8.29. The zero-order valence-corrected chi connectivity index (χ0v) is 14.7. The maximum Gasteiger partial charge on any atom is 0.260 e. The highest BCUT2D eigenvalue weighted by Gasteiger charge is 2.27. The van der Waals surface area contributed by atoms with E-state index in [4.69, 9.17) is 10.5 Å². The average Bonchev–Trinajstić information content (AvgIpc) is 2.61. The number of amides is 1. The van der Waals surface area contributed by atoms with Crippen LogP contribution in [0.15, 0.2) is 54.6 Å². The Morgan fingerprint density at radius 2 is 1.88 bits per heavy atom. The molecule has 2 atom stereocenters. The van der Waals surface area contributed by atoms with Crippen LogP contribution in [-0.2, 0) is 11.2 Å². The summed E-state index contributed by atoms with van der Waals surface area (Å²) in [6, 6.07) is 18.6. The maximum absolute atomic E-state index is 12.5. The van der Waals surface area contributed by atoms with Crippen molar-refractivity contribution in [2.45, 2.75) is 38.3 Å². The highest BCUT2D eigenvalue weighted by atomic mass is 16.5. The van der Waals surface area contributed by atoms with E-state index in [0.717, 1.165) is 37.1 Å². The molecule has 0 aliphatic carbocycles. The van der Waals surface area contributed by atoms with Crippen LogP contribution in [0.5, 0.6) is 5.75 Å². The number of hydrogen-bond acceptors (Lipinski definition) is 3. The van der Waals surface area contributed by atoms with Crippen molar-refractivity contribution in [2.75, 3.05) is 13.2 Å². The smallest absolute Gasteiger partial charge is 0.260 e. The third kappa shape index (κ3) is 4.60. The van der Waals surface area contributed by atoms with E-state index in [1.165, 1.54) is 5.56 Å². The van der Waals surface area contributed by atoms with Gasteiger partial charge in [-0.1, -0.05) is 48.5 Å². The molecule has 0 spiro atoms. The van der Waals surface area contributed by atoms with Crippen LogP contribution >= 0.6 is 0 Å². The number of carbonyl (C=O) groups excluding carboxylic acids is 1. The normalized spacial score (nSPS) is 20.3. The number of nitrogens with zero attached hydrogens (tertiary/aromatic N) is 1. The lowest BCUT2D eigenvalue weighted by Crippen LogP contribution is -2.49. The van der Waals surface area contributed by atoms with Crippen LogP contribution in [0.2, 0.25) is 0 Å². The lowest BCUT2D eigenvalue weighted by molar-refractivity contribution is -0.136. The molecule has 4 nitrogen and oxygen atoms in total. The van der Waals surface area contributed by atoms with Gasteiger partial charge in [0.25, 0.3) is 5.91 Å².